The average Bonchev–Trinajstić information content (AvgIpc) is 3.48. The van der Waals surface area contributed by atoms with Crippen molar-refractivity contribution >= 4 is 59.2 Å². The van der Waals surface area contributed by atoms with Gasteiger partial charge in [0, 0.05) is 16.1 Å². The lowest BCUT2D eigenvalue weighted by Crippen LogP contribution is -2.67. The molecule has 2 nitrogen and oxygen atoms in total. The molecular formula is C52H47NOSi2. The van der Waals surface area contributed by atoms with Crippen molar-refractivity contribution in [2.45, 2.75) is 51.6 Å². The number of carbonyl (C=O) groups excluding carboxylic acids is 1. The Morgan fingerprint density at radius 2 is 0.911 bits per heavy atom. The SMILES string of the molecule is CC(C)(C)[Si](C#CC1=C([Si](c2ccccc2)(c2ccccc2)C(C)(C)C)C(=O)c2c1nc1ccccc1c2-c1ccccc1)(c1ccccc1)c1ccccc1. The second-order valence-electron chi connectivity index (χ2n) is 16.9. The van der Waals surface area contributed by atoms with Gasteiger partial charge in [-0.1, -0.05) is 217 Å². The van der Waals surface area contributed by atoms with Crippen molar-refractivity contribution in [3.05, 3.63) is 192 Å². The van der Waals surface area contributed by atoms with Crippen LogP contribution in [0.4, 0.5) is 0 Å². The van der Waals surface area contributed by atoms with Gasteiger partial charge in [-0.25, -0.2) is 4.98 Å². The largest absolute Gasteiger partial charge is 0.289 e. The first-order valence-corrected chi connectivity index (χ1v) is 23.5. The number of ketones is 1. The Morgan fingerprint density at radius 1 is 0.482 bits per heavy atom. The minimum absolute atomic E-state index is 0.0400. The van der Waals surface area contributed by atoms with Crippen molar-refractivity contribution in [1.82, 2.24) is 4.98 Å². The smallest absolute Gasteiger partial charge is 0.204 e. The third-order valence-electron chi connectivity index (χ3n) is 11.7. The molecule has 1 heterocycles. The van der Waals surface area contributed by atoms with Gasteiger partial charge >= 0.3 is 0 Å². The summed E-state index contributed by atoms with van der Waals surface area (Å²) >= 11 is 0. The number of hydrogen-bond donors (Lipinski definition) is 0. The normalized spacial score (nSPS) is 13.4. The van der Waals surface area contributed by atoms with Crippen molar-refractivity contribution in [2.75, 3.05) is 0 Å². The number of carbonyl (C=O) groups is 1. The first-order chi connectivity index (χ1) is 27.0. The summed E-state index contributed by atoms with van der Waals surface area (Å²) in [5.74, 6) is 4.01. The van der Waals surface area contributed by atoms with Crippen LogP contribution >= 0.6 is 0 Å². The van der Waals surface area contributed by atoms with Crippen LogP contribution in [0.25, 0.3) is 27.6 Å². The van der Waals surface area contributed by atoms with E-state index in [1.54, 1.807) is 0 Å². The Balaban J connectivity index is 1.59. The van der Waals surface area contributed by atoms with Gasteiger partial charge in [-0.05, 0) is 42.5 Å². The standard InChI is InChI=1S/C52H47NOSi2/c1-51(2,3)55(39-26-14-8-15-27-39,40-28-16-9-17-29-40)37-36-44-48-47(46(38-24-12-7-13-25-38)43-34-22-23-35-45(43)53-48)49(54)50(44)56(52(4,5)6,41-30-18-10-19-31-41)42-32-20-11-21-33-42/h7-35H,1-6H3. The molecule has 0 bridgehead atoms. The molecule has 6 aromatic carbocycles. The van der Waals surface area contributed by atoms with Gasteiger partial charge in [0.1, 0.15) is 0 Å². The van der Waals surface area contributed by atoms with Gasteiger partial charge in [0.2, 0.25) is 8.07 Å². The van der Waals surface area contributed by atoms with Crippen molar-refractivity contribution in [3.8, 4) is 22.6 Å². The molecule has 274 valence electrons. The molecule has 0 fully saturated rings. The predicted octanol–water partition coefficient (Wildman–Crippen LogP) is 10.1. The summed E-state index contributed by atoms with van der Waals surface area (Å²) in [4.78, 5) is 21.7. The lowest BCUT2D eigenvalue weighted by molar-refractivity contribution is 0.104. The summed E-state index contributed by atoms with van der Waals surface area (Å²) in [5.41, 5.74) is 9.04. The van der Waals surface area contributed by atoms with Crippen LogP contribution in [0, 0.1) is 11.5 Å². The zero-order valence-electron chi connectivity index (χ0n) is 33.1. The number of benzene rings is 6. The van der Waals surface area contributed by atoms with Crippen LogP contribution in [0.15, 0.2) is 181 Å². The molecule has 7 aromatic rings. The fourth-order valence-electron chi connectivity index (χ4n) is 9.32. The van der Waals surface area contributed by atoms with Crippen molar-refractivity contribution in [3.63, 3.8) is 0 Å². The Labute approximate surface area is 334 Å². The predicted molar refractivity (Wildman–Crippen MR) is 241 cm³/mol. The van der Waals surface area contributed by atoms with Crippen LogP contribution in [0.1, 0.15) is 57.6 Å². The topological polar surface area (TPSA) is 30.0 Å². The highest BCUT2D eigenvalue weighted by Crippen LogP contribution is 2.50. The van der Waals surface area contributed by atoms with Crippen LogP contribution < -0.4 is 20.7 Å². The average molecular weight is 758 g/mol. The number of Topliss-reactive ketones (excluding diaryl/α,β-unsaturated/α-hetero) is 1. The van der Waals surface area contributed by atoms with E-state index >= 15 is 4.79 Å². The van der Waals surface area contributed by atoms with E-state index in [1.807, 2.05) is 18.2 Å². The minimum Gasteiger partial charge on any atom is -0.289 e. The van der Waals surface area contributed by atoms with Crippen LogP contribution in [0.3, 0.4) is 0 Å². The highest BCUT2D eigenvalue weighted by Gasteiger charge is 2.57. The molecule has 1 aromatic heterocycles. The molecule has 0 atom stereocenters. The summed E-state index contributed by atoms with van der Waals surface area (Å²) in [6, 6.07) is 61.9. The summed E-state index contributed by atoms with van der Waals surface area (Å²) in [7, 11) is -6.14. The van der Waals surface area contributed by atoms with Gasteiger partial charge in [0.25, 0.3) is 0 Å². The Hall–Kier alpha value is -5.87. The maximum Gasteiger partial charge on any atom is 0.204 e. The van der Waals surface area contributed by atoms with Gasteiger partial charge in [0.05, 0.1) is 22.3 Å². The van der Waals surface area contributed by atoms with E-state index in [1.165, 1.54) is 20.7 Å². The third-order valence-corrected chi connectivity index (χ3v) is 22.7. The Kier molecular flexibility index (Phi) is 9.49. The molecule has 0 spiro atoms. The fourth-order valence-corrected chi connectivity index (χ4v) is 19.6. The van der Waals surface area contributed by atoms with E-state index in [-0.39, 0.29) is 15.9 Å². The molecule has 56 heavy (non-hydrogen) atoms. The van der Waals surface area contributed by atoms with E-state index in [0.29, 0.717) is 11.3 Å². The van der Waals surface area contributed by atoms with Crippen LogP contribution in [-0.4, -0.2) is 26.9 Å². The molecule has 0 unspecified atom stereocenters. The molecule has 0 saturated heterocycles. The van der Waals surface area contributed by atoms with Crippen LogP contribution in [0.2, 0.25) is 10.1 Å². The molecule has 0 amide bonds. The molecular weight excluding hydrogens is 711 g/mol. The zero-order valence-corrected chi connectivity index (χ0v) is 35.1. The number of pyridine rings is 1. The highest BCUT2D eigenvalue weighted by molar-refractivity contribution is 7.13. The second kappa shape index (κ2) is 14.3. The molecule has 1 aliphatic rings. The maximum absolute atomic E-state index is 16.2. The molecule has 0 radical (unpaired) electrons. The molecule has 0 N–H and O–H groups in total. The summed E-state index contributed by atoms with van der Waals surface area (Å²) in [6.07, 6.45) is 0. The Morgan fingerprint density at radius 3 is 1.38 bits per heavy atom. The van der Waals surface area contributed by atoms with Gasteiger partial charge < -0.3 is 0 Å². The summed E-state index contributed by atoms with van der Waals surface area (Å²) in [6.45, 7) is 13.9. The van der Waals surface area contributed by atoms with Gasteiger partial charge in [-0.15, -0.1) is 5.54 Å². The number of nitrogens with zero attached hydrogens (tertiary/aromatic N) is 1. The lowest BCUT2D eigenvalue weighted by atomic mass is 9.93. The number of rotatable bonds is 6. The quantitative estimate of drug-likeness (QED) is 0.125. The van der Waals surface area contributed by atoms with E-state index < -0.39 is 16.1 Å². The first kappa shape index (κ1) is 37.1. The van der Waals surface area contributed by atoms with Crippen molar-refractivity contribution in [1.29, 1.82) is 0 Å². The van der Waals surface area contributed by atoms with Gasteiger partial charge in [-0.3, -0.25) is 4.79 Å². The van der Waals surface area contributed by atoms with Crippen molar-refractivity contribution in [2.24, 2.45) is 0 Å². The molecule has 0 saturated carbocycles. The van der Waals surface area contributed by atoms with Crippen molar-refractivity contribution < 1.29 is 4.79 Å². The molecule has 4 heteroatoms. The van der Waals surface area contributed by atoms with E-state index in [2.05, 4.69) is 211 Å². The molecule has 1 aliphatic carbocycles. The Bertz CT molecular complexity index is 2570. The number of allylic oxidation sites excluding steroid dienone is 2. The van der Waals surface area contributed by atoms with E-state index in [9.17, 15) is 0 Å². The number of hydrogen-bond acceptors (Lipinski definition) is 2. The summed E-state index contributed by atoms with van der Waals surface area (Å²) < 4.78 is 0. The number of aromatic nitrogens is 1. The van der Waals surface area contributed by atoms with Gasteiger partial charge in [0.15, 0.2) is 13.9 Å². The fraction of sp³-hybridized carbons (Fsp3) is 0.154. The first-order valence-electron chi connectivity index (χ1n) is 19.5. The van der Waals surface area contributed by atoms with Crippen LogP contribution in [-0.2, 0) is 0 Å². The molecule has 8 rings (SSSR count). The second-order valence-corrected chi connectivity index (χ2v) is 25.9. The van der Waals surface area contributed by atoms with Gasteiger partial charge in [-0.2, -0.15) is 0 Å². The monoisotopic (exact) mass is 757 g/mol. The number of para-hydroxylation sites is 1. The van der Waals surface area contributed by atoms with E-state index in [0.717, 1.165) is 32.8 Å². The summed E-state index contributed by atoms with van der Waals surface area (Å²) in [5, 5.41) is 6.10. The lowest BCUT2D eigenvalue weighted by Gasteiger charge is -2.45. The molecule has 0 aliphatic heterocycles. The van der Waals surface area contributed by atoms with E-state index in [4.69, 9.17) is 4.98 Å². The maximum atomic E-state index is 16.2. The van der Waals surface area contributed by atoms with Crippen LogP contribution in [0.5, 0.6) is 0 Å². The third kappa shape index (κ3) is 5.86. The zero-order chi connectivity index (χ0) is 39.1. The highest BCUT2D eigenvalue weighted by atomic mass is 28.3. The minimum atomic E-state index is -3.24. The number of fused-ring (bicyclic) bond motifs is 2.